The Labute approximate surface area is 141 Å². The lowest BCUT2D eigenvalue weighted by Gasteiger charge is -2.20. The van der Waals surface area contributed by atoms with E-state index < -0.39 is 12.6 Å². The Balaban J connectivity index is 1.84. The van der Waals surface area contributed by atoms with Crippen LogP contribution in [0.3, 0.4) is 0 Å². The molecular formula is C18H14FNO5. The molecule has 0 aliphatic carbocycles. The lowest BCUT2D eigenvalue weighted by atomic mass is 10.0. The molecule has 0 unspecified atom stereocenters. The third-order valence-electron chi connectivity index (χ3n) is 4.13. The highest BCUT2D eigenvalue weighted by molar-refractivity contribution is 5.93. The zero-order valence-electron chi connectivity index (χ0n) is 13.3. The van der Waals surface area contributed by atoms with Crippen LogP contribution in [0.25, 0.3) is 22.2 Å². The van der Waals surface area contributed by atoms with Crippen molar-refractivity contribution in [3.05, 3.63) is 41.7 Å². The molecule has 0 fully saturated rings. The zero-order chi connectivity index (χ0) is 17.6. The molecule has 6 nitrogen and oxygen atoms in total. The van der Waals surface area contributed by atoms with Gasteiger partial charge in [-0.3, -0.25) is 0 Å². The quantitative estimate of drug-likeness (QED) is 0.759. The van der Waals surface area contributed by atoms with Crippen molar-refractivity contribution in [1.82, 2.24) is 4.98 Å². The molecule has 1 aromatic heterocycles. The molecule has 2 N–H and O–H groups in total. The number of hydrogen-bond donors (Lipinski definition) is 2. The van der Waals surface area contributed by atoms with Crippen LogP contribution >= 0.6 is 0 Å². The van der Waals surface area contributed by atoms with Gasteiger partial charge in [0, 0.05) is 28.1 Å². The molecule has 2 aromatic carbocycles. The lowest BCUT2D eigenvalue weighted by molar-refractivity contribution is -0.139. The number of ether oxygens (including phenoxy) is 3. The second-order valence-corrected chi connectivity index (χ2v) is 5.64. The summed E-state index contributed by atoms with van der Waals surface area (Å²) in [5.74, 6) is -0.174. The fourth-order valence-electron chi connectivity index (χ4n) is 3.02. The minimum Gasteiger partial charge on any atom is -0.493 e. The molecule has 1 aliphatic heterocycles. The van der Waals surface area contributed by atoms with E-state index in [1.807, 2.05) is 0 Å². The fraction of sp³-hybridized carbons (Fsp3) is 0.167. The van der Waals surface area contributed by atoms with Gasteiger partial charge >= 0.3 is 5.97 Å². The minimum atomic E-state index is -1.08. The van der Waals surface area contributed by atoms with Crippen LogP contribution in [0, 0.1) is 5.82 Å². The van der Waals surface area contributed by atoms with Crippen molar-refractivity contribution in [2.24, 2.45) is 0 Å². The number of aliphatic carboxylic acids is 1. The summed E-state index contributed by atoms with van der Waals surface area (Å²) in [6, 6.07) is 7.88. The van der Waals surface area contributed by atoms with Gasteiger partial charge < -0.3 is 24.3 Å². The number of halogens is 1. The van der Waals surface area contributed by atoms with Gasteiger partial charge in [-0.25, -0.2) is 9.18 Å². The topological polar surface area (TPSA) is 80.8 Å². The van der Waals surface area contributed by atoms with Gasteiger partial charge in [-0.1, -0.05) is 0 Å². The maximum atomic E-state index is 13.6. The van der Waals surface area contributed by atoms with Gasteiger partial charge in [-0.2, -0.15) is 0 Å². The number of H-pyrrole nitrogens is 1. The first kappa shape index (κ1) is 15.3. The Morgan fingerprint density at radius 2 is 2.16 bits per heavy atom. The van der Waals surface area contributed by atoms with E-state index in [2.05, 4.69) is 4.98 Å². The normalized spacial score (nSPS) is 12.2. The number of fused-ring (bicyclic) bond motifs is 5. The summed E-state index contributed by atoms with van der Waals surface area (Å²) >= 11 is 0. The van der Waals surface area contributed by atoms with Crippen LogP contribution in [-0.2, 0) is 11.4 Å². The number of benzene rings is 2. The van der Waals surface area contributed by atoms with Crippen molar-refractivity contribution in [2.75, 3.05) is 13.7 Å². The van der Waals surface area contributed by atoms with Crippen molar-refractivity contribution < 1.29 is 28.5 Å². The first-order chi connectivity index (χ1) is 12.1. The van der Waals surface area contributed by atoms with Crippen LogP contribution in [0.1, 0.15) is 5.56 Å². The van der Waals surface area contributed by atoms with Gasteiger partial charge in [-0.15, -0.1) is 0 Å². The van der Waals surface area contributed by atoms with E-state index in [-0.39, 0.29) is 18.2 Å². The van der Waals surface area contributed by atoms with Gasteiger partial charge in [0.1, 0.15) is 18.2 Å². The molecule has 0 bridgehead atoms. The van der Waals surface area contributed by atoms with E-state index >= 15 is 0 Å². The molecule has 0 amide bonds. The number of carboxylic acids is 1. The third kappa shape index (κ3) is 2.53. The van der Waals surface area contributed by atoms with E-state index in [1.54, 1.807) is 18.2 Å². The summed E-state index contributed by atoms with van der Waals surface area (Å²) < 4.78 is 29.9. The molecule has 4 rings (SSSR count). The zero-order valence-corrected chi connectivity index (χ0v) is 13.3. The SMILES string of the molecule is COc1cc2c(cc1OCC(=O)O)OCc1c-2[nH]c2ccc(F)cc12. The molecule has 0 radical (unpaired) electrons. The molecule has 3 aromatic rings. The van der Waals surface area contributed by atoms with Gasteiger partial charge in [-0.05, 0) is 24.3 Å². The predicted molar refractivity (Wildman–Crippen MR) is 87.7 cm³/mol. The van der Waals surface area contributed by atoms with Crippen LogP contribution < -0.4 is 14.2 Å². The fourth-order valence-corrected chi connectivity index (χ4v) is 3.02. The number of rotatable bonds is 4. The van der Waals surface area contributed by atoms with Crippen molar-refractivity contribution in [3.63, 3.8) is 0 Å². The van der Waals surface area contributed by atoms with E-state index in [0.717, 1.165) is 27.7 Å². The number of hydrogen-bond acceptors (Lipinski definition) is 4. The summed E-state index contributed by atoms with van der Waals surface area (Å²) in [6.07, 6.45) is 0. The van der Waals surface area contributed by atoms with Gasteiger partial charge in [0.05, 0.1) is 12.8 Å². The molecule has 0 saturated carbocycles. The Kier molecular flexibility index (Phi) is 3.49. The second-order valence-electron chi connectivity index (χ2n) is 5.64. The monoisotopic (exact) mass is 343 g/mol. The van der Waals surface area contributed by atoms with Crippen LogP contribution in [-0.4, -0.2) is 29.8 Å². The second kappa shape index (κ2) is 5.70. The average molecular weight is 343 g/mol. The van der Waals surface area contributed by atoms with Crippen molar-refractivity contribution in [2.45, 2.75) is 6.61 Å². The highest BCUT2D eigenvalue weighted by Crippen LogP contribution is 2.45. The molecule has 0 saturated heterocycles. The Bertz CT molecular complexity index is 995. The maximum absolute atomic E-state index is 13.6. The maximum Gasteiger partial charge on any atom is 0.341 e. The van der Waals surface area contributed by atoms with E-state index in [9.17, 15) is 9.18 Å². The number of carbonyl (C=O) groups is 1. The van der Waals surface area contributed by atoms with Gasteiger partial charge in [0.15, 0.2) is 18.1 Å². The Hall–Kier alpha value is -3.22. The van der Waals surface area contributed by atoms with E-state index in [1.165, 1.54) is 19.2 Å². The first-order valence-corrected chi connectivity index (χ1v) is 7.56. The molecular weight excluding hydrogens is 329 g/mol. The van der Waals surface area contributed by atoms with Crippen LogP contribution in [0.2, 0.25) is 0 Å². The smallest absolute Gasteiger partial charge is 0.341 e. The van der Waals surface area contributed by atoms with Crippen LogP contribution in [0.5, 0.6) is 17.2 Å². The largest absolute Gasteiger partial charge is 0.493 e. The summed E-state index contributed by atoms with van der Waals surface area (Å²) in [5, 5.41) is 9.55. The molecule has 0 atom stereocenters. The van der Waals surface area contributed by atoms with E-state index in [4.69, 9.17) is 19.3 Å². The minimum absolute atomic E-state index is 0.274. The van der Waals surface area contributed by atoms with Crippen LogP contribution in [0.15, 0.2) is 30.3 Å². The molecule has 1 aliphatic rings. The standard InChI is InChI=1S/C18H14FNO5/c1-23-15-5-11-14(6-16(15)25-8-17(21)22)24-7-12-10-4-9(19)2-3-13(10)20-18(11)12/h2-6,20H,7-8H2,1H3,(H,21,22). The Morgan fingerprint density at radius 1 is 1.32 bits per heavy atom. The highest BCUT2D eigenvalue weighted by Gasteiger charge is 2.25. The van der Waals surface area contributed by atoms with Gasteiger partial charge in [0.2, 0.25) is 0 Å². The summed E-state index contributed by atoms with van der Waals surface area (Å²) in [5.41, 5.74) is 3.25. The van der Waals surface area contributed by atoms with Crippen molar-refractivity contribution in [3.8, 4) is 28.5 Å². The summed E-state index contributed by atoms with van der Waals surface area (Å²) in [7, 11) is 1.47. The van der Waals surface area contributed by atoms with E-state index in [0.29, 0.717) is 11.5 Å². The highest BCUT2D eigenvalue weighted by atomic mass is 19.1. The molecule has 0 spiro atoms. The third-order valence-corrected chi connectivity index (χ3v) is 4.13. The van der Waals surface area contributed by atoms with Gasteiger partial charge in [0.25, 0.3) is 0 Å². The summed E-state index contributed by atoms with van der Waals surface area (Å²) in [4.78, 5) is 14.0. The predicted octanol–water partition coefficient (Wildman–Crippen LogP) is 3.34. The van der Waals surface area contributed by atoms with Crippen molar-refractivity contribution >= 4 is 16.9 Å². The average Bonchev–Trinajstić information content (AvgIpc) is 2.97. The molecule has 2 heterocycles. The molecule has 25 heavy (non-hydrogen) atoms. The first-order valence-electron chi connectivity index (χ1n) is 7.56. The number of carboxylic acid groups (broad SMARTS) is 1. The number of nitrogens with one attached hydrogen (secondary N) is 1. The summed E-state index contributed by atoms with van der Waals surface area (Å²) in [6.45, 7) is -0.206. The Morgan fingerprint density at radius 3 is 2.92 bits per heavy atom. The number of aromatic nitrogens is 1. The van der Waals surface area contributed by atoms with Crippen LogP contribution in [0.4, 0.5) is 4.39 Å². The molecule has 7 heteroatoms. The lowest BCUT2D eigenvalue weighted by Crippen LogP contribution is -2.11. The molecule has 128 valence electrons. The number of methoxy groups -OCH3 is 1. The number of aromatic amines is 1. The van der Waals surface area contributed by atoms with Crippen molar-refractivity contribution in [1.29, 1.82) is 0 Å².